The summed E-state index contributed by atoms with van der Waals surface area (Å²) in [6.45, 7) is 1.32. The number of nitrogens with zero attached hydrogens (tertiary/aromatic N) is 3. The van der Waals surface area contributed by atoms with Crippen LogP contribution >= 0.6 is 0 Å². The van der Waals surface area contributed by atoms with Gasteiger partial charge >= 0.3 is 5.97 Å². The topological polar surface area (TPSA) is 100 Å². The Morgan fingerprint density at radius 2 is 2.31 bits per heavy atom. The molecule has 0 bridgehead atoms. The molecule has 0 aliphatic heterocycles. The number of amides is 1. The zero-order chi connectivity index (χ0) is 12.1. The molecule has 1 aromatic rings. The Labute approximate surface area is 91.6 Å². The summed E-state index contributed by atoms with van der Waals surface area (Å²) in [6, 6.07) is 0. The number of aromatic nitrogens is 3. The van der Waals surface area contributed by atoms with Gasteiger partial charge in [-0.25, -0.2) is 4.68 Å². The van der Waals surface area contributed by atoms with Crippen LogP contribution in [0.4, 0.5) is 0 Å². The fraction of sp³-hybridized carbons (Fsp3) is 0.333. The molecule has 0 saturated carbocycles. The van der Waals surface area contributed by atoms with Crippen molar-refractivity contribution in [1.29, 1.82) is 0 Å². The van der Waals surface area contributed by atoms with Gasteiger partial charge in [-0.3, -0.25) is 9.59 Å². The van der Waals surface area contributed by atoms with Crippen molar-refractivity contribution < 1.29 is 14.3 Å². The first-order chi connectivity index (χ1) is 7.56. The molecule has 0 spiro atoms. The SMILES string of the molecule is C#CCOC(=O)Cn1nnc(C(N)=O)c1C. The molecule has 2 N–H and O–H groups in total. The molecular formula is C9H10N4O3. The van der Waals surface area contributed by atoms with Gasteiger partial charge in [0.1, 0.15) is 6.54 Å². The van der Waals surface area contributed by atoms with E-state index < -0.39 is 11.9 Å². The molecule has 1 amide bonds. The lowest BCUT2D eigenvalue weighted by Crippen LogP contribution is -2.17. The number of hydrogen-bond donors (Lipinski definition) is 1. The summed E-state index contributed by atoms with van der Waals surface area (Å²) in [5.74, 6) is 0.912. The van der Waals surface area contributed by atoms with Crippen LogP contribution in [0, 0.1) is 19.3 Å². The Hall–Kier alpha value is -2.36. The van der Waals surface area contributed by atoms with E-state index >= 15 is 0 Å². The van der Waals surface area contributed by atoms with Gasteiger partial charge in [0.05, 0.1) is 5.69 Å². The quantitative estimate of drug-likeness (QED) is 0.512. The third-order valence-corrected chi connectivity index (χ3v) is 1.81. The average molecular weight is 222 g/mol. The minimum absolute atomic E-state index is 0.0322. The number of rotatable bonds is 4. The van der Waals surface area contributed by atoms with E-state index in [1.165, 1.54) is 4.68 Å². The van der Waals surface area contributed by atoms with Crippen LogP contribution in [0.2, 0.25) is 0 Å². The second-order valence-electron chi connectivity index (χ2n) is 2.91. The summed E-state index contributed by atoms with van der Waals surface area (Å²) >= 11 is 0. The number of ether oxygens (including phenoxy) is 1. The van der Waals surface area contributed by atoms with Crippen molar-refractivity contribution in [3.05, 3.63) is 11.4 Å². The van der Waals surface area contributed by atoms with Crippen molar-refractivity contribution in [2.75, 3.05) is 6.61 Å². The molecule has 0 aliphatic carbocycles. The average Bonchev–Trinajstić information content (AvgIpc) is 2.57. The first kappa shape index (κ1) is 11.7. The molecule has 1 rings (SSSR count). The summed E-state index contributed by atoms with van der Waals surface area (Å²) in [6.07, 6.45) is 4.92. The van der Waals surface area contributed by atoms with Crippen LogP contribution < -0.4 is 5.73 Å². The van der Waals surface area contributed by atoms with E-state index in [9.17, 15) is 9.59 Å². The van der Waals surface area contributed by atoms with Gasteiger partial charge in [-0.15, -0.1) is 11.5 Å². The number of carbonyl (C=O) groups excluding carboxylic acids is 2. The van der Waals surface area contributed by atoms with Crippen LogP contribution in [0.15, 0.2) is 0 Å². The van der Waals surface area contributed by atoms with Crippen molar-refractivity contribution in [2.24, 2.45) is 5.73 Å². The van der Waals surface area contributed by atoms with E-state index in [4.69, 9.17) is 12.2 Å². The highest BCUT2D eigenvalue weighted by atomic mass is 16.5. The number of nitrogens with two attached hydrogens (primary N) is 1. The van der Waals surface area contributed by atoms with Crippen LogP contribution in [0.3, 0.4) is 0 Å². The minimum Gasteiger partial charge on any atom is -0.451 e. The highest BCUT2D eigenvalue weighted by Crippen LogP contribution is 2.02. The third-order valence-electron chi connectivity index (χ3n) is 1.81. The van der Waals surface area contributed by atoms with Gasteiger partial charge in [0.2, 0.25) is 0 Å². The van der Waals surface area contributed by atoms with E-state index in [1.807, 2.05) is 0 Å². The van der Waals surface area contributed by atoms with E-state index in [2.05, 4.69) is 21.0 Å². The maximum Gasteiger partial charge on any atom is 0.328 e. The summed E-state index contributed by atoms with van der Waals surface area (Å²) < 4.78 is 5.86. The van der Waals surface area contributed by atoms with Crippen LogP contribution in [0.1, 0.15) is 16.2 Å². The second-order valence-corrected chi connectivity index (χ2v) is 2.91. The van der Waals surface area contributed by atoms with Crippen LogP contribution in [0.5, 0.6) is 0 Å². The molecule has 1 aromatic heterocycles. The number of esters is 1. The molecule has 7 heteroatoms. The number of hydrogen-bond acceptors (Lipinski definition) is 5. The highest BCUT2D eigenvalue weighted by molar-refractivity contribution is 5.91. The predicted octanol–water partition coefficient (Wildman–Crippen LogP) is -1.14. The maximum atomic E-state index is 11.2. The summed E-state index contributed by atoms with van der Waals surface area (Å²) in [5.41, 5.74) is 5.48. The van der Waals surface area contributed by atoms with Crippen LogP contribution in [-0.2, 0) is 16.1 Å². The predicted molar refractivity (Wildman–Crippen MR) is 53.1 cm³/mol. The zero-order valence-corrected chi connectivity index (χ0v) is 8.64. The van der Waals surface area contributed by atoms with Crippen molar-refractivity contribution in [3.8, 4) is 12.3 Å². The Kier molecular flexibility index (Phi) is 3.61. The maximum absolute atomic E-state index is 11.2. The normalized spacial score (nSPS) is 9.50. The molecule has 7 nitrogen and oxygen atoms in total. The third kappa shape index (κ3) is 2.57. The monoisotopic (exact) mass is 222 g/mol. The smallest absolute Gasteiger partial charge is 0.328 e. The summed E-state index contributed by atoms with van der Waals surface area (Å²) in [7, 11) is 0. The summed E-state index contributed by atoms with van der Waals surface area (Å²) in [4.78, 5) is 22.0. The van der Waals surface area contributed by atoms with Crippen LogP contribution in [0.25, 0.3) is 0 Å². The Bertz CT molecular complexity index is 458. The van der Waals surface area contributed by atoms with Gasteiger partial charge in [-0.05, 0) is 6.92 Å². The standard InChI is InChI=1S/C9H10N4O3/c1-3-4-16-7(14)5-13-6(2)8(9(10)15)11-12-13/h1H,4-5H2,2H3,(H2,10,15). The molecular weight excluding hydrogens is 212 g/mol. The lowest BCUT2D eigenvalue weighted by atomic mass is 10.3. The van der Waals surface area contributed by atoms with Crippen molar-refractivity contribution in [3.63, 3.8) is 0 Å². The Balaban J connectivity index is 2.72. The molecule has 0 radical (unpaired) electrons. The fourth-order valence-corrected chi connectivity index (χ4v) is 1.03. The van der Waals surface area contributed by atoms with Crippen molar-refractivity contribution >= 4 is 11.9 Å². The van der Waals surface area contributed by atoms with Crippen molar-refractivity contribution in [1.82, 2.24) is 15.0 Å². The molecule has 0 fully saturated rings. The zero-order valence-electron chi connectivity index (χ0n) is 8.64. The first-order valence-electron chi connectivity index (χ1n) is 4.35. The Morgan fingerprint density at radius 3 is 2.81 bits per heavy atom. The van der Waals surface area contributed by atoms with Gasteiger partial charge in [0.25, 0.3) is 5.91 Å². The lowest BCUT2D eigenvalue weighted by Gasteiger charge is -2.02. The number of primary amides is 1. The van der Waals surface area contributed by atoms with Gasteiger partial charge in [0, 0.05) is 0 Å². The molecule has 0 aromatic carbocycles. The largest absolute Gasteiger partial charge is 0.451 e. The molecule has 0 saturated heterocycles. The van der Waals surface area contributed by atoms with Crippen molar-refractivity contribution in [2.45, 2.75) is 13.5 Å². The number of carbonyl (C=O) groups is 2. The van der Waals surface area contributed by atoms with E-state index in [1.54, 1.807) is 6.92 Å². The molecule has 0 aliphatic rings. The minimum atomic E-state index is -0.694. The van der Waals surface area contributed by atoms with Crippen LogP contribution in [-0.4, -0.2) is 33.5 Å². The molecule has 16 heavy (non-hydrogen) atoms. The second kappa shape index (κ2) is 4.93. The van der Waals surface area contributed by atoms with Gasteiger partial charge < -0.3 is 10.5 Å². The highest BCUT2D eigenvalue weighted by Gasteiger charge is 2.15. The van der Waals surface area contributed by atoms with E-state index in [-0.39, 0.29) is 18.8 Å². The number of terminal acetylenes is 1. The fourth-order valence-electron chi connectivity index (χ4n) is 1.03. The first-order valence-corrected chi connectivity index (χ1v) is 4.35. The molecule has 84 valence electrons. The summed E-state index contributed by atoms with van der Waals surface area (Å²) in [5, 5.41) is 7.14. The van der Waals surface area contributed by atoms with Gasteiger partial charge in [-0.1, -0.05) is 11.1 Å². The molecule has 0 atom stereocenters. The van der Waals surface area contributed by atoms with Gasteiger partial charge in [-0.2, -0.15) is 0 Å². The van der Waals surface area contributed by atoms with E-state index in [0.29, 0.717) is 5.69 Å². The van der Waals surface area contributed by atoms with E-state index in [0.717, 1.165) is 0 Å². The van der Waals surface area contributed by atoms with Gasteiger partial charge in [0.15, 0.2) is 12.3 Å². The molecule has 1 heterocycles. The molecule has 0 unspecified atom stereocenters. The Morgan fingerprint density at radius 1 is 1.62 bits per heavy atom. The lowest BCUT2D eigenvalue weighted by molar-refractivity contribution is -0.143.